The molecule has 2 N–H and O–H groups in total. The number of nitrogens with zero attached hydrogens (tertiary/aromatic N) is 1. The van der Waals surface area contributed by atoms with Gasteiger partial charge < -0.3 is 10.4 Å². The number of phenolic OH excluding ortho intramolecular Hbond substituents is 1. The molecule has 0 radical (unpaired) electrons. The molecule has 29 heavy (non-hydrogen) atoms. The van der Waals surface area contributed by atoms with Crippen LogP contribution in [0.5, 0.6) is 5.75 Å². The Morgan fingerprint density at radius 1 is 1.14 bits per heavy atom. The van der Waals surface area contributed by atoms with E-state index in [2.05, 4.69) is 10.3 Å². The van der Waals surface area contributed by atoms with E-state index in [4.69, 9.17) is 0 Å². The van der Waals surface area contributed by atoms with Crippen molar-refractivity contribution >= 4 is 34.8 Å². The zero-order valence-corrected chi connectivity index (χ0v) is 17.6. The average molecular weight is 427 g/mol. The molecule has 1 amide bonds. The van der Waals surface area contributed by atoms with Gasteiger partial charge in [-0.2, -0.15) is 11.8 Å². The molecule has 150 valence electrons. The first-order valence-electron chi connectivity index (χ1n) is 9.18. The number of carbonyl (C=O) groups is 2. The summed E-state index contributed by atoms with van der Waals surface area (Å²) in [5, 5.41) is 14.9. The lowest BCUT2D eigenvalue weighted by Gasteiger charge is -2.17. The largest absolute Gasteiger partial charge is 0.508 e. The van der Waals surface area contributed by atoms with E-state index in [9.17, 15) is 14.7 Å². The summed E-state index contributed by atoms with van der Waals surface area (Å²) in [5.41, 5.74) is 2.28. The smallest absolute Gasteiger partial charge is 0.251 e. The number of nitrogens with one attached hydrogen (secondary N) is 1. The molecule has 2 aromatic carbocycles. The van der Waals surface area contributed by atoms with E-state index in [1.165, 1.54) is 35.6 Å². The molecule has 0 saturated heterocycles. The lowest BCUT2D eigenvalue weighted by atomic mass is 10.1. The Bertz CT molecular complexity index is 956. The molecule has 1 atom stereocenters. The molecule has 0 aliphatic heterocycles. The molecule has 3 aromatic rings. The van der Waals surface area contributed by atoms with Crippen molar-refractivity contribution in [3.63, 3.8) is 0 Å². The highest BCUT2D eigenvalue weighted by molar-refractivity contribution is 7.98. The second-order valence-electron chi connectivity index (χ2n) is 6.49. The van der Waals surface area contributed by atoms with E-state index < -0.39 is 6.04 Å². The van der Waals surface area contributed by atoms with Gasteiger partial charge in [-0.05, 0) is 42.7 Å². The molecule has 0 spiro atoms. The first-order valence-corrected chi connectivity index (χ1v) is 11.5. The lowest BCUT2D eigenvalue weighted by Crippen LogP contribution is -2.42. The summed E-state index contributed by atoms with van der Waals surface area (Å²) in [7, 11) is 0. The fourth-order valence-electron chi connectivity index (χ4n) is 2.81. The predicted molar refractivity (Wildman–Crippen MR) is 119 cm³/mol. The number of carbonyl (C=O) groups excluding carboxylic acids is 2. The van der Waals surface area contributed by atoms with Crippen LogP contribution in [0.3, 0.4) is 0 Å². The Kier molecular flexibility index (Phi) is 7.43. The summed E-state index contributed by atoms with van der Waals surface area (Å²) >= 11 is 3.08. The summed E-state index contributed by atoms with van der Waals surface area (Å²) in [6, 6.07) is 15.2. The van der Waals surface area contributed by atoms with Gasteiger partial charge in [0.25, 0.3) is 5.91 Å². The van der Waals surface area contributed by atoms with Gasteiger partial charge in [0, 0.05) is 16.5 Å². The van der Waals surface area contributed by atoms with Gasteiger partial charge in [-0.25, -0.2) is 4.98 Å². The first kappa shape index (κ1) is 21.1. The van der Waals surface area contributed by atoms with Crippen molar-refractivity contribution in [2.45, 2.75) is 18.9 Å². The zero-order valence-electron chi connectivity index (χ0n) is 16.0. The number of benzene rings is 2. The van der Waals surface area contributed by atoms with Crippen LogP contribution in [-0.4, -0.2) is 39.8 Å². The maximum absolute atomic E-state index is 12.9. The molecule has 1 aromatic heterocycles. The average Bonchev–Trinajstić information content (AvgIpc) is 3.20. The number of thiazole rings is 1. The summed E-state index contributed by atoms with van der Waals surface area (Å²) in [6.45, 7) is 0. The van der Waals surface area contributed by atoms with Gasteiger partial charge in [0.2, 0.25) is 0 Å². The molecule has 0 saturated carbocycles. The molecular formula is C22H22N2O3S2. The molecule has 0 aliphatic rings. The Balaban J connectivity index is 1.68. The molecule has 7 heteroatoms. The minimum atomic E-state index is -0.576. The number of hydrogen-bond donors (Lipinski definition) is 2. The summed E-state index contributed by atoms with van der Waals surface area (Å²) < 4.78 is 0. The topological polar surface area (TPSA) is 79.3 Å². The zero-order chi connectivity index (χ0) is 20.6. The Morgan fingerprint density at radius 2 is 1.86 bits per heavy atom. The van der Waals surface area contributed by atoms with E-state index in [1.54, 1.807) is 11.8 Å². The first-order chi connectivity index (χ1) is 14.1. The second kappa shape index (κ2) is 10.2. The number of Topliss-reactive ketones (excluding diaryl/α,β-unsaturated/α-hetero) is 1. The Labute approximate surface area is 178 Å². The summed E-state index contributed by atoms with van der Waals surface area (Å²) in [5.74, 6) is 0.475. The number of phenols is 1. The van der Waals surface area contributed by atoms with Crippen LogP contribution in [0.25, 0.3) is 11.3 Å². The van der Waals surface area contributed by atoms with Gasteiger partial charge in [0.1, 0.15) is 10.8 Å². The van der Waals surface area contributed by atoms with E-state index in [1.807, 2.05) is 42.0 Å². The maximum Gasteiger partial charge on any atom is 0.251 e. The fourth-order valence-corrected chi connectivity index (χ4v) is 4.09. The quantitative estimate of drug-likeness (QED) is 0.537. The monoisotopic (exact) mass is 426 g/mol. The molecule has 3 rings (SSSR count). The van der Waals surface area contributed by atoms with Crippen LogP contribution in [0, 0.1) is 0 Å². The SMILES string of the molecule is CSCC[C@H](NC(=O)c1ccc(O)cc1)C(=O)Cc1nc(-c2ccccc2)cs1. The van der Waals surface area contributed by atoms with Crippen LogP contribution in [0.15, 0.2) is 60.0 Å². The highest BCUT2D eigenvalue weighted by Gasteiger charge is 2.22. The van der Waals surface area contributed by atoms with E-state index in [0.29, 0.717) is 12.0 Å². The number of amides is 1. The van der Waals surface area contributed by atoms with Gasteiger partial charge in [-0.15, -0.1) is 11.3 Å². The molecule has 0 bridgehead atoms. The fraction of sp³-hybridized carbons (Fsp3) is 0.227. The van der Waals surface area contributed by atoms with Crippen molar-refractivity contribution in [1.29, 1.82) is 0 Å². The van der Waals surface area contributed by atoms with Crippen LogP contribution in [-0.2, 0) is 11.2 Å². The summed E-state index contributed by atoms with van der Waals surface area (Å²) in [4.78, 5) is 30.0. The van der Waals surface area contributed by atoms with Crippen LogP contribution >= 0.6 is 23.1 Å². The number of aromatic nitrogens is 1. The van der Waals surface area contributed by atoms with Crippen LogP contribution in [0.1, 0.15) is 21.8 Å². The third kappa shape index (κ3) is 5.92. The predicted octanol–water partition coefficient (Wildman–Crippen LogP) is 4.18. The van der Waals surface area contributed by atoms with Gasteiger partial charge in [-0.1, -0.05) is 30.3 Å². The molecule has 0 fully saturated rings. The number of hydrogen-bond acceptors (Lipinski definition) is 6. The minimum absolute atomic E-state index is 0.0554. The lowest BCUT2D eigenvalue weighted by molar-refractivity contribution is -0.120. The molecular weight excluding hydrogens is 404 g/mol. The Morgan fingerprint density at radius 3 is 2.55 bits per heavy atom. The van der Waals surface area contributed by atoms with Crippen molar-refractivity contribution in [3.8, 4) is 17.0 Å². The molecule has 0 aliphatic carbocycles. The number of aromatic hydroxyl groups is 1. The van der Waals surface area contributed by atoms with E-state index in [-0.39, 0.29) is 23.9 Å². The van der Waals surface area contributed by atoms with Gasteiger partial charge in [0.05, 0.1) is 18.2 Å². The van der Waals surface area contributed by atoms with Crippen molar-refractivity contribution in [2.24, 2.45) is 0 Å². The van der Waals surface area contributed by atoms with E-state index >= 15 is 0 Å². The molecule has 5 nitrogen and oxygen atoms in total. The second-order valence-corrected chi connectivity index (χ2v) is 8.42. The van der Waals surface area contributed by atoms with Crippen LogP contribution in [0.4, 0.5) is 0 Å². The van der Waals surface area contributed by atoms with Crippen LogP contribution < -0.4 is 5.32 Å². The minimum Gasteiger partial charge on any atom is -0.508 e. The third-order valence-electron chi connectivity index (χ3n) is 4.38. The van der Waals surface area contributed by atoms with E-state index in [0.717, 1.165) is 22.0 Å². The molecule has 0 unspecified atom stereocenters. The molecule has 1 heterocycles. The third-order valence-corrected chi connectivity index (χ3v) is 5.87. The number of thioether (sulfide) groups is 1. The van der Waals surface area contributed by atoms with Gasteiger partial charge in [0.15, 0.2) is 5.78 Å². The number of ketones is 1. The number of rotatable bonds is 9. The van der Waals surface area contributed by atoms with Crippen molar-refractivity contribution < 1.29 is 14.7 Å². The highest BCUT2D eigenvalue weighted by atomic mass is 32.2. The van der Waals surface area contributed by atoms with Gasteiger partial charge in [-0.3, -0.25) is 9.59 Å². The maximum atomic E-state index is 12.9. The summed E-state index contributed by atoms with van der Waals surface area (Å²) in [6.07, 6.45) is 2.71. The highest BCUT2D eigenvalue weighted by Crippen LogP contribution is 2.22. The normalized spacial score (nSPS) is 11.8. The van der Waals surface area contributed by atoms with Crippen molar-refractivity contribution in [1.82, 2.24) is 10.3 Å². The Hall–Kier alpha value is -2.64. The van der Waals surface area contributed by atoms with Crippen LogP contribution in [0.2, 0.25) is 0 Å². The van der Waals surface area contributed by atoms with Crippen molar-refractivity contribution in [2.75, 3.05) is 12.0 Å². The van der Waals surface area contributed by atoms with Crippen molar-refractivity contribution in [3.05, 3.63) is 70.5 Å². The standard InChI is InChI=1S/C22H22N2O3S2/c1-28-12-11-18(24-22(27)16-7-9-17(25)10-8-16)20(26)13-21-23-19(14-29-21)15-5-3-2-4-6-15/h2-10,14,18,25H,11-13H2,1H3,(H,24,27)/t18-/m0/s1. The van der Waals surface area contributed by atoms with Gasteiger partial charge >= 0.3 is 0 Å².